The molecular weight excluding hydrogens is 625 g/mol. The number of para-hydroxylation sites is 1. The van der Waals surface area contributed by atoms with Crippen LogP contribution in [0.15, 0.2) is 177 Å². The highest BCUT2D eigenvalue weighted by Gasteiger charge is 2.47. The zero-order valence-electron chi connectivity index (χ0n) is 27.8. The summed E-state index contributed by atoms with van der Waals surface area (Å²) in [6.45, 7) is 4.67. The smallest absolute Gasteiger partial charge is 0.160 e. The fraction of sp³-hybridized carbons (Fsp3) is 0.0638. The minimum absolute atomic E-state index is 0.0866. The quantitative estimate of drug-likeness (QED) is 0.185. The molecule has 7 aromatic carbocycles. The van der Waals surface area contributed by atoms with Crippen molar-refractivity contribution in [3.63, 3.8) is 0 Å². The summed E-state index contributed by atoms with van der Waals surface area (Å²) < 4.78 is 0. The highest BCUT2D eigenvalue weighted by atomic mass is 32.3. The summed E-state index contributed by atoms with van der Waals surface area (Å²) in [5.41, 5.74) is 14.7. The van der Waals surface area contributed by atoms with Crippen molar-refractivity contribution in [1.29, 1.82) is 0 Å². The summed E-state index contributed by atoms with van der Waals surface area (Å²) in [4.78, 5) is 16.3. The fourth-order valence-electron chi connectivity index (χ4n) is 9.00. The van der Waals surface area contributed by atoms with Crippen LogP contribution in [0.25, 0.3) is 66.9 Å². The van der Waals surface area contributed by atoms with Crippen LogP contribution in [0.1, 0.15) is 25.0 Å². The van der Waals surface area contributed by atoms with Crippen molar-refractivity contribution in [2.24, 2.45) is 0 Å². The van der Waals surface area contributed by atoms with E-state index in [0.717, 1.165) is 33.5 Å². The molecule has 0 fully saturated rings. The monoisotopic (exact) mass is 656 g/mol. The van der Waals surface area contributed by atoms with Gasteiger partial charge in [0.2, 0.25) is 0 Å². The summed E-state index contributed by atoms with van der Waals surface area (Å²) in [6.07, 6.45) is 0. The second-order valence-corrected chi connectivity index (χ2v) is 17.1. The maximum absolute atomic E-state index is 5.40. The van der Waals surface area contributed by atoms with E-state index in [1.54, 1.807) is 0 Å². The Balaban J connectivity index is 1.12. The normalized spacial score (nSPS) is 15.6. The van der Waals surface area contributed by atoms with Crippen molar-refractivity contribution in [2.45, 2.75) is 38.8 Å². The number of hydrogen-bond acceptors (Lipinski definition) is 2. The average Bonchev–Trinajstić information content (AvgIpc) is 3.73. The maximum atomic E-state index is 5.40. The molecule has 0 amide bonds. The van der Waals surface area contributed by atoms with Crippen molar-refractivity contribution in [3.8, 4) is 56.0 Å². The molecule has 2 nitrogen and oxygen atoms in total. The molecule has 0 saturated heterocycles. The second kappa shape index (κ2) is 9.90. The summed E-state index contributed by atoms with van der Waals surface area (Å²) in [6, 6.07) is 58.3. The molecular formula is C47H32N2S. The van der Waals surface area contributed by atoms with Gasteiger partial charge < -0.3 is 0 Å². The molecule has 3 heteroatoms. The molecule has 0 radical (unpaired) electrons. The van der Waals surface area contributed by atoms with Gasteiger partial charge in [0.15, 0.2) is 5.82 Å². The third-order valence-electron chi connectivity index (χ3n) is 11.3. The van der Waals surface area contributed by atoms with Crippen LogP contribution in [0, 0.1) is 0 Å². The first-order valence-electron chi connectivity index (χ1n) is 17.3. The molecule has 236 valence electrons. The zero-order chi connectivity index (χ0) is 33.2. The van der Waals surface area contributed by atoms with E-state index in [-0.39, 0.29) is 5.41 Å². The van der Waals surface area contributed by atoms with Gasteiger partial charge in [-0.25, -0.2) is 9.97 Å². The van der Waals surface area contributed by atoms with Gasteiger partial charge in [-0.1, -0.05) is 129 Å². The van der Waals surface area contributed by atoms with E-state index in [4.69, 9.17) is 9.97 Å². The Kier molecular flexibility index (Phi) is 5.57. The van der Waals surface area contributed by atoms with Gasteiger partial charge in [-0.05, 0) is 87.0 Å². The van der Waals surface area contributed by atoms with E-state index in [0.29, 0.717) is 0 Å². The average molecular weight is 657 g/mol. The van der Waals surface area contributed by atoms with Gasteiger partial charge >= 0.3 is 0 Å². The molecule has 0 saturated carbocycles. The van der Waals surface area contributed by atoms with Crippen LogP contribution in [0.3, 0.4) is 0 Å². The Labute approximate surface area is 293 Å². The third kappa shape index (κ3) is 3.50. The highest BCUT2D eigenvalue weighted by molar-refractivity contribution is 8.34. The van der Waals surface area contributed by atoms with Crippen LogP contribution in [0.4, 0.5) is 0 Å². The zero-order valence-corrected chi connectivity index (χ0v) is 28.6. The molecule has 0 atom stereocenters. The predicted molar refractivity (Wildman–Crippen MR) is 206 cm³/mol. The van der Waals surface area contributed by atoms with Crippen LogP contribution in [0.2, 0.25) is 0 Å². The Morgan fingerprint density at radius 1 is 0.420 bits per heavy atom. The van der Waals surface area contributed by atoms with Gasteiger partial charge in [0.1, 0.15) is 0 Å². The van der Waals surface area contributed by atoms with Crippen molar-refractivity contribution < 1.29 is 0 Å². The fourth-order valence-corrected chi connectivity index (χ4v) is 13.6. The lowest BCUT2D eigenvalue weighted by Gasteiger charge is -2.36. The van der Waals surface area contributed by atoms with E-state index < -0.39 is 10.0 Å². The van der Waals surface area contributed by atoms with E-state index >= 15 is 0 Å². The second-order valence-electron chi connectivity index (χ2n) is 14.2. The molecule has 0 N–H and O–H groups in total. The van der Waals surface area contributed by atoms with Gasteiger partial charge in [0.05, 0.1) is 11.2 Å². The molecule has 11 rings (SSSR count). The molecule has 8 aromatic rings. The first-order chi connectivity index (χ1) is 24.5. The Hall–Kier alpha value is -5.77. The molecule has 1 spiro atoms. The number of rotatable bonds is 2. The summed E-state index contributed by atoms with van der Waals surface area (Å²) in [5.74, 6) is 0.755. The molecule has 2 aliphatic heterocycles. The van der Waals surface area contributed by atoms with Gasteiger partial charge in [-0.2, -0.15) is 0 Å². The number of nitrogens with zero attached hydrogens (tertiary/aromatic N) is 2. The maximum Gasteiger partial charge on any atom is 0.160 e. The highest BCUT2D eigenvalue weighted by Crippen LogP contribution is 2.84. The van der Waals surface area contributed by atoms with Crippen molar-refractivity contribution >= 4 is 20.9 Å². The van der Waals surface area contributed by atoms with Crippen LogP contribution in [-0.2, 0) is 5.41 Å². The van der Waals surface area contributed by atoms with Gasteiger partial charge in [0, 0.05) is 41.5 Å². The Morgan fingerprint density at radius 2 is 0.960 bits per heavy atom. The minimum Gasteiger partial charge on any atom is -0.228 e. The van der Waals surface area contributed by atoms with Gasteiger partial charge in [-0.15, -0.1) is 10.0 Å². The molecule has 50 heavy (non-hydrogen) atoms. The first-order valence-corrected chi connectivity index (χ1v) is 19.0. The van der Waals surface area contributed by atoms with Crippen molar-refractivity contribution in [3.05, 3.63) is 169 Å². The summed E-state index contributed by atoms with van der Waals surface area (Å²) in [7, 11) is -1.63. The lowest BCUT2D eigenvalue weighted by atomic mass is 9.82. The predicted octanol–water partition coefficient (Wildman–Crippen LogP) is 12.6. The number of benzene rings is 7. The van der Waals surface area contributed by atoms with E-state index in [1.165, 1.54) is 64.1 Å². The topological polar surface area (TPSA) is 25.8 Å². The Morgan fingerprint density at radius 3 is 1.68 bits per heavy atom. The number of hydrogen-bond donors (Lipinski definition) is 0. The standard InChI is InChI=1S/C47H32N2S/c1-47(2)38-18-8-3-13-31(38)32-25-23-29(28-39(32)47)45-36-17-4-9-19-40(36)48-46(49-45)30-24-26-44-37(27-30)35-16-7-12-22-43(35)50(44)41-20-10-5-14-33(41)34-15-6-11-21-42(34)50/h3-28H,1-2H3. The molecule has 0 bridgehead atoms. The van der Waals surface area contributed by atoms with E-state index in [9.17, 15) is 0 Å². The van der Waals surface area contributed by atoms with Gasteiger partial charge in [0.25, 0.3) is 0 Å². The van der Waals surface area contributed by atoms with Gasteiger partial charge in [-0.3, -0.25) is 0 Å². The Bertz CT molecular complexity index is 2710. The van der Waals surface area contributed by atoms with Crippen LogP contribution < -0.4 is 0 Å². The van der Waals surface area contributed by atoms with Crippen LogP contribution in [0.5, 0.6) is 0 Å². The third-order valence-corrected chi connectivity index (χ3v) is 15.3. The lowest BCUT2D eigenvalue weighted by molar-refractivity contribution is 0.660. The molecule has 1 aliphatic carbocycles. The van der Waals surface area contributed by atoms with Crippen LogP contribution >= 0.6 is 10.0 Å². The molecule has 0 unspecified atom stereocenters. The molecule has 3 aliphatic rings. The number of aromatic nitrogens is 2. The summed E-state index contributed by atoms with van der Waals surface area (Å²) >= 11 is 0. The first kappa shape index (κ1) is 28.1. The molecule has 3 heterocycles. The van der Waals surface area contributed by atoms with E-state index in [2.05, 4.69) is 172 Å². The molecule has 1 aromatic heterocycles. The SMILES string of the molecule is CC1(C)c2ccccc2-c2ccc(-c3nc(-c4ccc5c(c4)-c4ccccc4S54c5ccccc5-c5ccccc54)nc4ccccc34)cc21. The van der Waals surface area contributed by atoms with Crippen LogP contribution in [-0.4, -0.2) is 9.97 Å². The lowest BCUT2D eigenvalue weighted by Crippen LogP contribution is -2.15. The minimum atomic E-state index is -1.63. The van der Waals surface area contributed by atoms with Crippen molar-refractivity contribution in [1.82, 2.24) is 9.97 Å². The van der Waals surface area contributed by atoms with E-state index in [1.807, 2.05) is 0 Å². The summed E-state index contributed by atoms with van der Waals surface area (Å²) in [5, 5.41) is 1.07. The van der Waals surface area contributed by atoms with Crippen molar-refractivity contribution in [2.75, 3.05) is 0 Å². The largest absolute Gasteiger partial charge is 0.228 e. The number of fused-ring (bicyclic) bond motifs is 14.